The Morgan fingerprint density at radius 3 is 2.72 bits per heavy atom. The second kappa shape index (κ2) is 7.63. The highest BCUT2D eigenvalue weighted by Crippen LogP contribution is 2.23. The minimum absolute atomic E-state index is 0.132. The molecule has 0 heterocycles. The number of hydrogen-bond acceptors (Lipinski definition) is 4. The van der Waals surface area contributed by atoms with Gasteiger partial charge in [0.2, 0.25) is 0 Å². The van der Waals surface area contributed by atoms with Gasteiger partial charge in [0.05, 0.1) is 17.3 Å². The molecule has 2 aromatic carbocycles. The van der Waals surface area contributed by atoms with Crippen LogP contribution in [-0.4, -0.2) is 18.2 Å². The molecule has 0 spiro atoms. The molecule has 3 rings (SSSR count). The maximum Gasteiger partial charge on any atom is 0.277 e. The lowest BCUT2D eigenvalue weighted by Crippen LogP contribution is -2.25. The Kier molecular flexibility index (Phi) is 5.10. The predicted molar refractivity (Wildman–Crippen MR) is 95.5 cm³/mol. The van der Waals surface area contributed by atoms with E-state index in [4.69, 9.17) is 10.00 Å². The molecule has 0 aromatic heterocycles. The molecule has 126 valence electrons. The van der Waals surface area contributed by atoms with E-state index in [2.05, 4.69) is 22.7 Å². The summed E-state index contributed by atoms with van der Waals surface area (Å²) in [4.78, 5) is 11.9. The maximum atomic E-state index is 11.9. The molecule has 1 aliphatic carbocycles. The molecule has 0 aliphatic heterocycles. The van der Waals surface area contributed by atoms with Crippen LogP contribution in [0.1, 0.15) is 35.6 Å². The highest BCUT2D eigenvalue weighted by atomic mass is 16.5. The minimum Gasteiger partial charge on any atom is -0.484 e. The number of fused-ring (bicyclic) bond motifs is 1. The minimum atomic E-state index is -0.329. The summed E-state index contributed by atoms with van der Waals surface area (Å²) >= 11 is 0. The first kappa shape index (κ1) is 16.7. The Morgan fingerprint density at radius 2 is 1.96 bits per heavy atom. The number of rotatable bonds is 5. The zero-order chi connectivity index (χ0) is 17.6. The maximum absolute atomic E-state index is 11.9. The SMILES string of the molecule is C/C(=N/NC(=O)COc1ccc(C#N)cc1)c1ccc2c(c1)CCC2. The average molecular weight is 333 g/mol. The first-order chi connectivity index (χ1) is 12.2. The monoisotopic (exact) mass is 333 g/mol. The van der Waals surface area contributed by atoms with E-state index in [1.807, 2.05) is 19.1 Å². The summed E-state index contributed by atoms with van der Waals surface area (Å²) in [6.45, 7) is 1.74. The van der Waals surface area contributed by atoms with Crippen LogP contribution < -0.4 is 10.2 Å². The third kappa shape index (κ3) is 4.24. The molecule has 0 saturated carbocycles. The molecular weight excluding hydrogens is 314 g/mol. The van der Waals surface area contributed by atoms with Crippen molar-refractivity contribution in [3.8, 4) is 11.8 Å². The van der Waals surface area contributed by atoms with Crippen molar-refractivity contribution in [1.82, 2.24) is 5.43 Å². The van der Waals surface area contributed by atoms with Gasteiger partial charge in [-0.1, -0.05) is 12.1 Å². The first-order valence-electron chi connectivity index (χ1n) is 8.24. The second-order valence-electron chi connectivity index (χ2n) is 5.99. The Bertz CT molecular complexity index is 848. The highest BCUT2D eigenvalue weighted by molar-refractivity contribution is 5.99. The molecule has 5 nitrogen and oxygen atoms in total. The lowest BCUT2D eigenvalue weighted by atomic mass is 10.0. The second-order valence-corrected chi connectivity index (χ2v) is 5.99. The van der Waals surface area contributed by atoms with Gasteiger partial charge in [0, 0.05) is 0 Å². The van der Waals surface area contributed by atoms with Crippen molar-refractivity contribution in [2.75, 3.05) is 6.61 Å². The van der Waals surface area contributed by atoms with Gasteiger partial charge in [-0.15, -0.1) is 0 Å². The van der Waals surface area contributed by atoms with Crippen LogP contribution in [-0.2, 0) is 17.6 Å². The Labute approximate surface area is 146 Å². The number of nitriles is 1. The normalized spacial score (nSPS) is 13.0. The highest BCUT2D eigenvalue weighted by Gasteiger charge is 2.11. The summed E-state index contributed by atoms with van der Waals surface area (Å²) in [6, 6.07) is 15.0. The number of ether oxygens (including phenoxy) is 1. The summed E-state index contributed by atoms with van der Waals surface area (Å²) in [6.07, 6.45) is 3.47. The van der Waals surface area contributed by atoms with Gasteiger partial charge in [0.25, 0.3) is 5.91 Å². The number of hydrogen-bond donors (Lipinski definition) is 1. The lowest BCUT2D eigenvalue weighted by Gasteiger charge is -2.07. The van der Waals surface area contributed by atoms with Crippen molar-refractivity contribution in [1.29, 1.82) is 5.26 Å². The lowest BCUT2D eigenvalue weighted by molar-refractivity contribution is -0.123. The predicted octanol–water partition coefficient (Wildman–Crippen LogP) is 2.97. The summed E-state index contributed by atoms with van der Waals surface area (Å²) in [7, 11) is 0. The van der Waals surface area contributed by atoms with Gasteiger partial charge < -0.3 is 4.74 Å². The number of benzene rings is 2. The van der Waals surface area contributed by atoms with E-state index in [1.165, 1.54) is 17.5 Å². The molecule has 25 heavy (non-hydrogen) atoms. The van der Waals surface area contributed by atoms with Crippen molar-refractivity contribution in [3.05, 3.63) is 64.7 Å². The average Bonchev–Trinajstić information content (AvgIpc) is 3.12. The molecule has 0 fully saturated rings. The van der Waals surface area contributed by atoms with Crippen LogP contribution in [0.5, 0.6) is 5.75 Å². The third-order valence-corrected chi connectivity index (χ3v) is 4.22. The van der Waals surface area contributed by atoms with Gasteiger partial charge >= 0.3 is 0 Å². The van der Waals surface area contributed by atoms with Crippen LogP contribution in [0.15, 0.2) is 47.6 Å². The van der Waals surface area contributed by atoms with Crippen LogP contribution >= 0.6 is 0 Å². The Hall–Kier alpha value is -3.13. The summed E-state index contributed by atoms with van der Waals surface area (Å²) in [5.41, 5.74) is 7.64. The van der Waals surface area contributed by atoms with Crippen molar-refractivity contribution < 1.29 is 9.53 Å². The molecule has 1 N–H and O–H groups in total. The molecule has 0 unspecified atom stereocenters. The van der Waals surface area contributed by atoms with Gasteiger partial charge in [-0.2, -0.15) is 10.4 Å². The van der Waals surface area contributed by atoms with E-state index in [-0.39, 0.29) is 12.5 Å². The number of carbonyl (C=O) groups excluding carboxylic acids is 1. The molecule has 0 bridgehead atoms. The smallest absolute Gasteiger partial charge is 0.277 e. The number of aryl methyl sites for hydroxylation is 2. The molecule has 1 aliphatic rings. The standard InChI is InChI=1S/C20H19N3O2/c1-14(17-8-7-16-3-2-4-18(16)11-17)22-23-20(24)13-25-19-9-5-15(12-21)6-10-19/h5-11H,2-4,13H2,1H3,(H,23,24)/b22-14-. The number of hydrazone groups is 1. The van der Waals surface area contributed by atoms with Crippen molar-refractivity contribution in [2.24, 2.45) is 5.10 Å². The van der Waals surface area contributed by atoms with Crippen molar-refractivity contribution >= 4 is 11.6 Å². The molecule has 0 radical (unpaired) electrons. The number of carbonyl (C=O) groups is 1. The third-order valence-electron chi connectivity index (χ3n) is 4.22. The van der Waals surface area contributed by atoms with Gasteiger partial charge in [0.15, 0.2) is 6.61 Å². The zero-order valence-electron chi connectivity index (χ0n) is 14.1. The quantitative estimate of drug-likeness (QED) is 0.675. The molecule has 0 saturated heterocycles. The van der Waals surface area contributed by atoms with E-state index in [0.29, 0.717) is 11.3 Å². The fourth-order valence-corrected chi connectivity index (χ4v) is 2.81. The van der Waals surface area contributed by atoms with Crippen LogP contribution in [0.25, 0.3) is 0 Å². The number of nitrogens with zero attached hydrogens (tertiary/aromatic N) is 2. The molecular formula is C20H19N3O2. The van der Waals surface area contributed by atoms with Gasteiger partial charge in [-0.05, 0) is 73.2 Å². The van der Waals surface area contributed by atoms with Crippen molar-refractivity contribution in [2.45, 2.75) is 26.2 Å². The van der Waals surface area contributed by atoms with Gasteiger partial charge in [0.1, 0.15) is 5.75 Å². The number of nitrogens with one attached hydrogen (secondary N) is 1. The van der Waals surface area contributed by atoms with Crippen LogP contribution in [0, 0.1) is 11.3 Å². The molecule has 1 amide bonds. The van der Waals surface area contributed by atoms with Crippen LogP contribution in [0.4, 0.5) is 0 Å². The zero-order valence-corrected chi connectivity index (χ0v) is 14.1. The molecule has 5 heteroatoms. The van der Waals surface area contributed by atoms with Gasteiger partial charge in [-0.25, -0.2) is 5.43 Å². The van der Waals surface area contributed by atoms with Crippen molar-refractivity contribution in [3.63, 3.8) is 0 Å². The summed E-state index contributed by atoms with van der Waals surface area (Å²) < 4.78 is 5.38. The van der Waals surface area contributed by atoms with E-state index >= 15 is 0 Å². The van der Waals surface area contributed by atoms with Crippen LogP contribution in [0.3, 0.4) is 0 Å². The Morgan fingerprint density at radius 1 is 1.20 bits per heavy atom. The van der Waals surface area contributed by atoms with E-state index in [9.17, 15) is 4.79 Å². The van der Waals surface area contributed by atoms with E-state index < -0.39 is 0 Å². The summed E-state index contributed by atoms with van der Waals surface area (Å²) in [5.74, 6) is 0.207. The molecule has 0 atom stereocenters. The summed E-state index contributed by atoms with van der Waals surface area (Å²) in [5, 5.41) is 12.9. The fraction of sp³-hybridized carbons (Fsp3) is 0.250. The largest absolute Gasteiger partial charge is 0.484 e. The number of amides is 1. The Balaban J connectivity index is 1.53. The van der Waals surface area contributed by atoms with E-state index in [1.54, 1.807) is 24.3 Å². The fourth-order valence-electron chi connectivity index (χ4n) is 2.81. The van der Waals surface area contributed by atoms with E-state index in [0.717, 1.165) is 24.1 Å². The van der Waals surface area contributed by atoms with Crippen LogP contribution in [0.2, 0.25) is 0 Å². The van der Waals surface area contributed by atoms with Gasteiger partial charge in [-0.3, -0.25) is 4.79 Å². The topological polar surface area (TPSA) is 74.5 Å². The first-order valence-corrected chi connectivity index (χ1v) is 8.24. The molecule has 2 aromatic rings.